The molecule has 2 rings (SSSR count). The van der Waals surface area contributed by atoms with Crippen LogP contribution in [0, 0.1) is 12.7 Å². The van der Waals surface area contributed by atoms with Crippen molar-refractivity contribution < 1.29 is 4.39 Å². The van der Waals surface area contributed by atoms with Gasteiger partial charge >= 0.3 is 0 Å². The molecule has 1 aromatic heterocycles. The van der Waals surface area contributed by atoms with Crippen LogP contribution >= 0.6 is 23.5 Å². The van der Waals surface area contributed by atoms with Gasteiger partial charge in [-0.05, 0) is 19.1 Å². The molecular weight excluding hydrogens is 281 g/mol. The van der Waals surface area contributed by atoms with Gasteiger partial charge in [0.15, 0.2) is 5.16 Å². The number of nitrogens with two attached hydrogens (primary N) is 1. The highest BCUT2D eigenvalue weighted by Crippen LogP contribution is 2.23. The minimum atomic E-state index is -0.173. The van der Waals surface area contributed by atoms with Crippen molar-refractivity contribution in [2.45, 2.75) is 17.0 Å². The minimum absolute atomic E-state index is 0.173. The Morgan fingerprint density at radius 2 is 1.89 bits per heavy atom. The molecule has 6 heteroatoms. The SMILES string of the molecule is Cc1cc(N)nc(SCCSc2ccccc2F)n1. The van der Waals surface area contributed by atoms with Crippen LogP contribution in [0.25, 0.3) is 0 Å². The Balaban J connectivity index is 1.82. The number of hydrogen-bond acceptors (Lipinski definition) is 5. The van der Waals surface area contributed by atoms with Gasteiger partial charge in [-0.25, -0.2) is 14.4 Å². The van der Waals surface area contributed by atoms with Crippen LogP contribution in [0.5, 0.6) is 0 Å². The van der Waals surface area contributed by atoms with E-state index in [9.17, 15) is 4.39 Å². The highest BCUT2D eigenvalue weighted by atomic mass is 32.2. The van der Waals surface area contributed by atoms with Crippen LogP contribution in [0.3, 0.4) is 0 Å². The second-order valence-electron chi connectivity index (χ2n) is 3.84. The summed E-state index contributed by atoms with van der Waals surface area (Å²) in [5.74, 6) is 1.91. The van der Waals surface area contributed by atoms with E-state index in [1.165, 1.54) is 29.6 Å². The van der Waals surface area contributed by atoms with Gasteiger partial charge in [-0.3, -0.25) is 0 Å². The average Bonchev–Trinajstić information content (AvgIpc) is 2.35. The minimum Gasteiger partial charge on any atom is -0.384 e. The Labute approximate surface area is 120 Å². The van der Waals surface area contributed by atoms with E-state index in [1.807, 2.05) is 13.0 Å². The molecule has 1 aromatic carbocycles. The van der Waals surface area contributed by atoms with E-state index < -0.39 is 0 Å². The molecule has 0 aliphatic carbocycles. The van der Waals surface area contributed by atoms with E-state index >= 15 is 0 Å². The van der Waals surface area contributed by atoms with Gasteiger partial charge in [-0.2, -0.15) is 0 Å². The molecule has 0 aliphatic rings. The molecule has 2 N–H and O–H groups in total. The Hall–Kier alpha value is -1.27. The van der Waals surface area contributed by atoms with Gasteiger partial charge in [0.05, 0.1) is 0 Å². The lowest BCUT2D eigenvalue weighted by atomic mass is 10.3. The van der Waals surface area contributed by atoms with Crippen molar-refractivity contribution >= 4 is 29.3 Å². The van der Waals surface area contributed by atoms with E-state index in [4.69, 9.17) is 5.73 Å². The lowest BCUT2D eigenvalue weighted by molar-refractivity contribution is 0.602. The standard InChI is InChI=1S/C13H14FN3S2/c1-9-8-12(15)17-13(16-9)19-7-6-18-11-5-3-2-4-10(11)14/h2-5,8H,6-7H2,1H3,(H2,15,16,17). The number of anilines is 1. The fraction of sp³-hybridized carbons (Fsp3) is 0.231. The first-order chi connectivity index (χ1) is 9.15. The predicted molar refractivity (Wildman–Crippen MR) is 79.0 cm³/mol. The van der Waals surface area contributed by atoms with Crippen molar-refractivity contribution in [2.24, 2.45) is 0 Å². The summed E-state index contributed by atoms with van der Waals surface area (Å²) >= 11 is 3.02. The number of nitrogens with zero attached hydrogens (tertiary/aromatic N) is 2. The van der Waals surface area contributed by atoms with Gasteiger partial charge < -0.3 is 5.73 Å². The van der Waals surface area contributed by atoms with E-state index in [0.29, 0.717) is 15.9 Å². The van der Waals surface area contributed by atoms with Gasteiger partial charge in [0.25, 0.3) is 0 Å². The van der Waals surface area contributed by atoms with Crippen LogP contribution in [-0.4, -0.2) is 21.5 Å². The third-order valence-electron chi connectivity index (χ3n) is 2.26. The van der Waals surface area contributed by atoms with Crippen molar-refractivity contribution in [3.63, 3.8) is 0 Å². The molecular formula is C13H14FN3S2. The first kappa shape index (κ1) is 14.1. The summed E-state index contributed by atoms with van der Waals surface area (Å²) in [5, 5.41) is 0.673. The molecule has 1 heterocycles. The van der Waals surface area contributed by atoms with Gasteiger partial charge in [0.1, 0.15) is 11.6 Å². The number of rotatable bonds is 5. The Kier molecular flexibility index (Phi) is 5.04. The third kappa shape index (κ3) is 4.40. The van der Waals surface area contributed by atoms with Crippen LogP contribution in [0.4, 0.5) is 10.2 Å². The van der Waals surface area contributed by atoms with E-state index in [-0.39, 0.29) is 5.82 Å². The highest BCUT2D eigenvalue weighted by molar-refractivity contribution is 8.02. The maximum atomic E-state index is 13.4. The zero-order valence-corrected chi connectivity index (χ0v) is 12.1. The molecule has 0 aliphatic heterocycles. The van der Waals surface area contributed by atoms with Crippen molar-refractivity contribution in [3.05, 3.63) is 41.8 Å². The number of aryl methyl sites for hydroxylation is 1. The van der Waals surface area contributed by atoms with Crippen molar-refractivity contribution in [1.82, 2.24) is 9.97 Å². The molecule has 0 unspecified atom stereocenters. The van der Waals surface area contributed by atoms with E-state index in [0.717, 1.165) is 17.2 Å². The highest BCUT2D eigenvalue weighted by Gasteiger charge is 2.03. The molecule has 0 amide bonds. The van der Waals surface area contributed by atoms with Crippen LogP contribution in [0.15, 0.2) is 40.4 Å². The number of aromatic nitrogens is 2. The van der Waals surface area contributed by atoms with Crippen molar-refractivity contribution in [2.75, 3.05) is 17.2 Å². The van der Waals surface area contributed by atoms with Crippen molar-refractivity contribution in [3.8, 4) is 0 Å². The topological polar surface area (TPSA) is 51.8 Å². The molecule has 0 saturated carbocycles. The molecule has 2 aromatic rings. The normalized spacial score (nSPS) is 10.6. The average molecular weight is 295 g/mol. The summed E-state index contributed by atoms with van der Waals surface area (Å²) in [7, 11) is 0. The quantitative estimate of drug-likeness (QED) is 0.520. The van der Waals surface area contributed by atoms with Crippen LogP contribution in [0.2, 0.25) is 0 Å². The first-order valence-electron chi connectivity index (χ1n) is 5.76. The Bertz CT molecular complexity index is 543. The molecule has 0 bridgehead atoms. The summed E-state index contributed by atoms with van der Waals surface area (Å²) in [5.41, 5.74) is 6.51. The summed E-state index contributed by atoms with van der Waals surface area (Å²) in [6.07, 6.45) is 0. The maximum Gasteiger partial charge on any atom is 0.189 e. The zero-order chi connectivity index (χ0) is 13.7. The molecule has 0 fully saturated rings. The molecule has 0 atom stereocenters. The van der Waals surface area contributed by atoms with Gasteiger partial charge in [0.2, 0.25) is 0 Å². The van der Waals surface area contributed by atoms with Crippen LogP contribution < -0.4 is 5.73 Å². The molecule has 0 spiro atoms. The summed E-state index contributed by atoms with van der Waals surface area (Å²) in [4.78, 5) is 9.10. The van der Waals surface area contributed by atoms with E-state index in [1.54, 1.807) is 18.2 Å². The van der Waals surface area contributed by atoms with Gasteiger partial charge in [-0.1, -0.05) is 23.9 Å². The molecule has 0 radical (unpaired) electrons. The fourth-order valence-electron chi connectivity index (χ4n) is 1.48. The largest absolute Gasteiger partial charge is 0.384 e. The molecule has 100 valence electrons. The zero-order valence-electron chi connectivity index (χ0n) is 10.5. The van der Waals surface area contributed by atoms with Crippen molar-refractivity contribution in [1.29, 1.82) is 0 Å². The Morgan fingerprint density at radius 1 is 1.16 bits per heavy atom. The second-order valence-corrected chi connectivity index (χ2v) is 6.04. The smallest absolute Gasteiger partial charge is 0.189 e. The summed E-state index contributed by atoms with van der Waals surface area (Å²) in [6, 6.07) is 8.52. The number of benzene rings is 1. The van der Waals surface area contributed by atoms with E-state index in [2.05, 4.69) is 9.97 Å². The molecule has 0 saturated heterocycles. The maximum absolute atomic E-state index is 13.4. The molecule has 19 heavy (non-hydrogen) atoms. The monoisotopic (exact) mass is 295 g/mol. The van der Waals surface area contributed by atoms with Crippen LogP contribution in [0.1, 0.15) is 5.69 Å². The van der Waals surface area contributed by atoms with Gasteiger partial charge in [-0.15, -0.1) is 11.8 Å². The predicted octanol–water partition coefficient (Wildman–Crippen LogP) is 3.39. The number of halogens is 1. The third-order valence-corrected chi connectivity index (χ3v) is 4.42. The number of thioether (sulfide) groups is 2. The number of nitrogen functional groups attached to an aromatic ring is 1. The second kappa shape index (κ2) is 6.77. The van der Waals surface area contributed by atoms with Gasteiger partial charge in [0, 0.05) is 28.2 Å². The first-order valence-corrected chi connectivity index (χ1v) is 7.73. The summed E-state index contributed by atoms with van der Waals surface area (Å²) in [6.45, 7) is 1.89. The lowest BCUT2D eigenvalue weighted by Crippen LogP contribution is -1.97. The summed E-state index contributed by atoms with van der Waals surface area (Å²) < 4.78 is 13.4. The Morgan fingerprint density at radius 3 is 2.63 bits per heavy atom. The lowest BCUT2D eigenvalue weighted by Gasteiger charge is -2.04. The number of hydrogen-bond donors (Lipinski definition) is 1. The molecule has 3 nitrogen and oxygen atoms in total. The van der Waals surface area contributed by atoms with Crippen LogP contribution in [-0.2, 0) is 0 Å². The fourth-order valence-corrected chi connectivity index (χ4v) is 3.30.